The van der Waals surface area contributed by atoms with Crippen molar-refractivity contribution in [3.63, 3.8) is 0 Å². The lowest BCUT2D eigenvalue weighted by Crippen LogP contribution is -2.46. The Balaban J connectivity index is 1.56. The number of nitrogens with one attached hydrogen (secondary N) is 2. The second-order valence-electron chi connectivity index (χ2n) is 5.50. The second kappa shape index (κ2) is 6.28. The zero-order valence-electron chi connectivity index (χ0n) is 12.3. The van der Waals surface area contributed by atoms with Crippen molar-refractivity contribution in [1.82, 2.24) is 15.5 Å². The Bertz CT molecular complexity index is 629. The van der Waals surface area contributed by atoms with E-state index in [4.69, 9.17) is 4.42 Å². The predicted octanol–water partition coefficient (Wildman–Crippen LogP) is 1.38. The Labute approximate surface area is 124 Å². The second-order valence-corrected chi connectivity index (χ2v) is 5.50. The molecule has 0 atom stereocenters. The minimum Gasteiger partial charge on any atom is -0.451 e. The number of rotatable bonds is 4. The van der Waals surface area contributed by atoms with Crippen molar-refractivity contribution in [3.05, 3.63) is 35.6 Å². The molecule has 0 unspecified atom stereocenters. The maximum Gasteiger partial charge on any atom is 0.287 e. The summed E-state index contributed by atoms with van der Waals surface area (Å²) in [5.41, 5.74) is 1.89. The molecule has 0 aliphatic carbocycles. The first-order chi connectivity index (χ1) is 10.2. The molecule has 1 aliphatic rings. The molecule has 0 spiro atoms. The van der Waals surface area contributed by atoms with Gasteiger partial charge in [0.25, 0.3) is 5.91 Å². The fraction of sp³-hybridized carbons (Fsp3) is 0.438. The van der Waals surface area contributed by atoms with Crippen molar-refractivity contribution in [2.24, 2.45) is 0 Å². The van der Waals surface area contributed by atoms with Crippen LogP contribution in [-0.2, 0) is 0 Å². The molecule has 3 rings (SSSR count). The van der Waals surface area contributed by atoms with Crippen molar-refractivity contribution < 1.29 is 9.21 Å². The van der Waals surface area contributed by atoms with E-state index in [0.717, 1.165) is 49.3 Å². The van der Waals surface area contributed by atoms with Crippen LogP contribution < -0.4 is 10.6 Å². The molecule has 5 nitrogen and oxygen atoms in total. The van der Waals surface area contributed by atoms with Gasteiger partial charge in [-0.05, 0) is 24.6 Å². The Hall–Kier alpha value is -1.85. The molecule has 0 radical (unpaired) electrons. The summed E-state index contributed by atoms with van der Waals surface area (Å²) < 4.78 is 5.62. The Morgan fingerprint density at radius 2 is 2.14 bits per heavy atom. The first kappa shape index (κ1) is 14.1. The molecular weight excluding hydrogens is 266 g/mol. The first-order valence-corrected chi connectivity index (χ1v) is 7.44. The maximum atomic E-state index is 12.1. The number of carbonyl (C=O) groups is 1. The minimum absolute atomic E-state index is 0.140. The van der Waals surface area contributed by atoms with Gasteiger partial charge in [0.2, 0.25) is 0 Å². The largest absolute Gasteiger partial charge is 0.451 e. The first-order valence-electron chi connectivity index (χ1n) is 7.44. The van der Waals surface area contributed by atoms with Crippen LogP contribution in [0.25, 0.3) is 11.0 Å². The summed E-state index contributed by atoms with van der Waals surface area (Å²) in [7, 11) is 0. The van der Waals surface area contributed by atoms with Gasteiger partial charge in [-0.3, -0.25) is 9.69 Å². The number of nitrogens with zero attached hydrogens (tertiary/aromatic N) is 1. The van der Waals surface area contributed by atoms with E-state index in [9.17, 15) is 4.79 Å². The maximum absolute atomic E-state index is 12.1. The fourth-order valence-corrected chi connectivity index (χ4v) is 2.60. The van der Waals surface area contributed by atoms with E-state index in [0.29, 0.717) is 12.3 Å². The Kier molecular flexibility index (Phi) is 4.22. The number of furan rings is 1. The van der Waals surface area contributed by atoms with Crippen LogP contribution in [0.3, 0.4) is 0 Å². The van der Waals surface area contributed by atoms with Crippen LogP contribution >= 0.6 is 0 Å². The standard InChI is InChI=1S/C16H21N3O2/c1-12-2-3-13-11-15(21-14(13)10-12)16(20)18-6-9-19-7-4-17-5-8-19/h2-3,10-11,17H,4-9H2,1H3,(H,18,20). The third kappa shape index (κ3) is 3.43. The number of piperazine rings is 1. The molecular formula is C16H21N3O2. The number of hydrogen-bond donors (Lipinski definition) is 2. The third-order valence-corrected chi connectivity index (χ3v) is 3.82. The van der Waals surface area contributed by atoms with E-state index in [1.165, 1.54) is 0 Å². The minimum atomic E-state index is -0.140. The number of hydrogen-bond acceptors (Lipinski definition) is 4. The molecule has 1 aromatic heterocycles. The molecule has 0 saturated carbocycles. The van der Waals surface area contributed by atoms with E-state index in [-0.39, 0.29) is 5.91 Å². The van der Waals surface area contributed by atoms with Crippen molar-refractivity contribution in [3.8, 4) is 0 Å². The number of carbonyl (C=O) groups excluding carboxylic acids is 1. The molecule has 1 saturated heterocycles. The normalized spacial score (nSPS) is 16.2. The smallest absolute Gasteiger partial charge is 0.287 e. The monoisotopic (exact) mass is 287 g/mol. The quantitative estimate of drug-likeness (QED) is 0.892. The molecule has 0 bridgehead atoms. The molecule has 5 heteroatoms. The van der Waals surface area contributed by atoms with Gasteiger partial charge < -0.3 is 15.1 Å². The van der Waals surface area contributed by atoms with Gasteiger partial charge in [0.15, 0.2) is 5.76 Å². The average molecular weight is 287 g/mol. The number of benzene rings is 1. The summed E-state index contributed by atoms with van der Waals surface area (Å²) in [5, 5.41) is 7.21. The van der Waals surface area contributed by atoms with Crippen LogP contribution in [0.1, 0.15) is 16.1 Å². The lowest BCUT2D eigenvalue weighted by molar-refractivity contribution is 0.0922. The number of aryl methyl sites for hydroxylation is 1. The van der Waals surface area contributed by atoms with Crippen LogP contribution in [0.15, 0.2) is 28.7 Å². The zero-order chi connectivity index (χ0) is 14.7. The van der Waals surface area contributed by atoms with Crippen molar-refractivity contribution >= 4 is 16.9 Å². The van der Waals surface area contributed by atoms with E-state index in [1.807, 2.05) is 25.1 Å². The van der Waals surface area contributed by atoms with Gasteiger partial charge >= 0.3 is 0 Å². The molecule has 1 aliphatic heterocycles. The van der Waals surface area contributed by atoms with Gasteiger partial charge in [-0.15, -0.1) is 0 Å². The van der Waals surface area contributed by atoms with E-state index in [2.05, 4.69) is 15.5 Å². The lowest BCUT2D eigenvalue weighted by Gasteiger charge is -2.26. The summed E-state index contributed by atoms with van der Waals surface area (Å²) in [6, 6.07) is 7.75. The van der Waals surface area contributed by atoms with Gasteiger partial charge in [0, 0.05) is 44.7 Å². The van der Waals surface area contributed by atoms with Gasteiger partial charge in [0.05, 0.1) is 0 Å². The zero-order valence-corrected chi connectivity index (χ0v) is 12.3. The Morgan fingerprint density at radius 1 is 1.33 bits per heavy atom. The lowest BCUT2D eigenvalue weighted by atomic mass is 10.2. The Morgan fingerprint density at radius 3 is 2.95 bits per heavy atom. The van der Waals surface area contributed by atoms with Gasteiger partial charge in [-0.25, -0.2) is 0 Å². The molecule has 2 heterocycles. The fourth-order valence-electron chi connectivity index (χ4n) is 2.60. The summed E-state index contributed by atoms with van der Waals surface area (Å²) >= 11 is 0. The highest BCUT2D eigenvalue weighted by molar-refractivity contribution is 5.96. The summed E-state index contributed by atoms with van der Waals surface area (Å²) in [5.74, 6) is 0.245. The van der Waals surface area contributed by atoms with Gasteiger partial charge in [0.1, 0.15) is 5.58 Å². The topological polar surface area (TPSA) is 57.5 Å². The highest BCUT2D eigenvalue weighted by Gasteiger charge is 2.13. The molecule has 1 aromatic carbocycles. The van der Waals surface area contributed by atoms with Gasteiger partial charge in [-0.1, -0.05) is 12.1 Å². The summed E-state index contributed by atoms with van der Waals surface area (Å²) in [6.07, 6.45) is 0. The van der Waals surface area contributed by atoms with Gasteiger partial charge in [-0.2, -0.15) is 0 Å². The predicted molar refractivity (Wildman–Crippen MR) is 82.6 cm³/mol. The number of fused-ring (bicyclic) bond motifs is 1. The van der Waals surface area contributed by atoms with Crippen molar-refractivity contribution in [2.45, 2.75) is 6.92 Å². The molecule has 2 aromatic rings. The summed E-state index contributed by atoms with van der Waals surface area (Å²) in [4.78, 5) is 14.5. The van der Waals surface area contributed by atoms with Crippen LogP contribution in [0.4, 0.5) is 0 Å². The van der Waals surface area contributed by atoms with E-state index in [1.54, 1.807) is 6.07 Å². The van der Waals surface area contributed by atoms with Crippen molar-refractivity contribution in [1.29, 1.82) is 0 Å². The van der Waals surface area contributed by atoms with E-state index >= 15 is 0 Å². The van der Waals surface area contributed by atoms with Crippen LogP contribution in [-0.4, -0.2) is 50.1 Å². The highest BCUT2D eigenvalue weighted by atomic mass is 16.3. The molecule has 21 heavy (non-hydrogen) atoms. The highest BCUT2D eigenvalue weighted by Crippen LogP contribution is 2.20. The van der Waals surface area contributed by atoms with Crippen LogP contribution in [0.5, 0.6) is 0 Å². The number of amides is 1. The van der Waals surface area contributed by atoms with E-state index < -0.39 is 0 Å². The molecule has 2 N–H and O–H groups in total. The molecule has 112 valence electrons. The van der Waals surface area contributed by atoms with Crippen LogP contribution in [0, 0.1) is 6.92 Å². The SMILES string of the molecule is Cc1ccc2cc(C(=O)NCCN3CCNCC3)oc2c1. The molecule has 1 fully saturated rings. The summed E-state index contributed by atoms with van der Waals surface area (Å²) in [6.45, 7) is 7.67. The average Bonchev–Trinajstić information content (AvgIpc) is 2.91. The van der Waals surface area contributed by atoms with Crippen molar-refractivity contribution in [2.75, 3.05) is 39.3 Å². The third-order valence-electron chi connectivity index (χ3n) is 3.82. The van der Waals surface area contributed by atoms with Crippen LogP contribution in [0.2, 0.25) is 0 Å². The molecule has 1 amide bonds.